The number of nitrogens with one attached hydrogen (secondary N) is 3. The van der Waals surface area contributed by atoms with Crippen LogP contribution < -0.4 is 21.7 Å². The number of unbranched alkanes of at least 4 members (excludes halogenated alkanes) is 1. The molecule has 0 saturated carbocycles. The number of ether oxygens (including phenoxy) is 3. The largest absolute Gasteiger partial charge is 0.382 e. The lowest BCUT2D eigenvalue weighted by molar-refractivity contribution is -0.130. The highest BCUT2D eigenvalue weighted by molar-refractivity contribution is 7.86. The summed E-state index contributed by atoms with van der Waals surface area (Å²) in [6.07, 6.45) is 3.71. The number of nitrogens with zero attached hydrogens (tertiary/aromatic N) is 7. The Kier molecular flexibility index (Phi) is 15.4. The van der Waals surface area contributed by atoms with Crippen LogP contribution in [-0.2, 0) is 45.4 Å². The molecule has 2 aromatic heterocycles. The summed E-state index contributed by atoms with van der Waals surface area (Å²) in [7, 11) is -5.00. The number of carbonyl (C=O) groups is 3. The van der Waals surface area contributed by atoms with Crippen LogP contribution in [0.25, 0.3) is 21.6 Å². The summed E-state index contributed by atoms with van der Waals surface area (Å²) >= 11 is 0. The average molecular weight is 694 g/mol. The zero-order valence-electron chi connectivity index (χ0n) is 25.8. The third-order valence-electron chi connectivity index (χ3n) is 6.40. The van der Waals surface area contributed by atoms with Crippen LogP contribution in [-0.4, -0.2) is 104 Å². The molecule has 3 amide bonds. The molecule has 0 aliphatic rings. The van der Waals surface area contributed by atoms with Gasteiger partial charge in [0.25, 0.3) is 0 Å². The second kappa shape index (κ2) is 19.7. The Balaban J connectivity index is 1.45. The first-order valence-electron chi connectivity index (χ1n) is 14.7. The van der Waals surface area contributed by atoms with Crippen molar-refractivity contribution >= 4 is 50.6 Å². The molecular formula is C27H36FN11O8S. The number of rotatable bonds is 22. The molecule has 3 rings (SSSR count). The molecule has 48 heavy (non-hydrogen) atoms. The van der Waals surface area contributed by atoms with Gasteiger partial charge in [-0.05, 0) is 43.0 Å². The van der Waals surface area contributed by atoms with E-state index in [1.165, 1.54) is 29.4 Å². The summed E-state index contributed by atoms with van der Waals surface area (Å²) in [4.78, 5) is 52.2. The van der Waals surface area contributed by atoms with E-state index in [1.807, 2.05) is 0 Å². The second-order valence-electron chi connectivity index (χ2n) is 9.96. The Morgan fingerprint density at radius 2 is 1.79 bits per heavy atom. The minimum Gasteiger partial charge on any atom is -0.382 e. The van der Waals surface area contributed by atoms with E-state index in [0.717, 1.165) is 12.1 Å². The molecule has 3 aromatic rings. The monoisotopic (exact) mass is 693 g/mol. The third-order valence-corrected chi connectivity index (χ3v) is 7.21. The van der Waals surface area contributed by atoms with Gasteiger partial charge in [0, 0.05) is 23.7 Å². The normalized spacial score (nSPS) is 11.9. The molecule has 19 nitrogen and oxygen atoms in total. The van der Waals surface area contributed by atoms with E-state index < -0.39 is 33.0 Å². The van der Waals surface area contributed by atoms with Crippen LogP contribution in [0, 0.1) is 0 Å². The van der Waals surface area contributed by atoms with Gasteiger partial charge in [0.05, 0.1) is 39.4 Å². The second-order valence-corrected chi connectivity index (χ2v) is 11.3. The number of fused-ring (bicyclic) bond motifs is 1. The smallest absolute Gasteiger partial charge is 0.332 e. The molecule has 1 atom stereocenters. The van der Waals surface area contributed by atoms with E-state index in [2.05, 4.69) is 40.9 Å². The van der Waals surface area contributed by atoms with Crippen molar-refractivity contribution in [1.29, 1.82) is 0 Å². The minimum atomic E-state index is -5.00. The average Bonchev–Trinajstić information content (AvgIpc) is 3.46. The fourth-order valence-corrected chi connectivity index (χ4v) is 4.65. The van der Waals surface area contributed by atoms with Crippen molar-refractivity contribution in [2.75, 3.05) is 63.8 Å². The van der Waals surface area contributed by atoms with Gasteiger partial charge in [0.15, 0.2) is 11.5 Å². The standard InChI is InChI=1S/C27H36FN11O8S/c28-48(43,44)20-5-3-4-19(14-20)36-27(42)21(37-23(41)16-47-13-12-46-11-10-45-9-8-35-38-30)6-1-2-7-31-22(40)15-39-18-34-24-25(29)32-17-33-26(24)39/h3-5,14,17-18,21H,1-2,6-13,15-16H2,(H,31,40)(H,36,42)(H,37,41)(H2,29,32,33)/t21-/m0/s1. The summed E-state index contributed by atoms with van der Waals surface area (Å²) in [6.45, 7) is 1.14. The van der Waals surface area contributed by atoms with E-state index in [1.54, 1.807) is 0 Å². The van der Waals surface area contributed by atoms with Gasteiger partial charge >= 0.3 is 10.2 Å². The lowest BCUT2D eigenvalue weighted by atomic mass is 10.1. The maximum absolute atomic E-state index is 13.5. The Labute approximate surface area is 274 Å². The molecule has 1 aromatic carbocycles. The molecule has 260 valence electrons. The SMILES string of the molecule is [N-]=[N+]=NCCOCCOCCOCC(=O)N[C@@H](CCCCNC(=O)Cn1cnc2c(N)ncnc21)C(=O)Nc1cccc(S(=O)(=O)F)c1. The first-order valence-corrected chi connectivity index (χ1v) is 16.0. The quantitative estimate of drug-likeness (QED) is 0.0375. The number of benzene rings is 1. The summed E-state index contributed by atoms with van der Waals surface area (Å²) in [5.41, 5.74) is 14.8. The number of hydrogen-bond acceptors (Lipinski definition) is 13. The topological polar surface area (TPSA) is 268 Å². The maximum atomic E-state index is 13.5. The van der Waals surface area contributed by atoms with Crippen LogP contribution >= 0.6 is 0 Å². The molecule has 2 heterocycles. The molecule has 0 spiro atoms. The molecule has 0 saturated heterocycles. The van der Waals surface area contributed by atoms with E-state index in [9.17, 15) is 26.7 Å². The van der Waals surface area contributed by atoms with Gasteiger partial charge < -0.3 is 40.5 Å². The molecule has 0 aliphatic heterocycles. The fraction of sp³-hybridized carbons (Fsp3) is 0.481. The number of carbonyl (C=O) groups excluding carboxylic acids is 3. The number of hydrogen-bond donors (Lipinski definition) is 4. The summed E-state index contributed by atoms with van der Waals surface area (Å²) in [6, 6.07) is 3.57. The summed E-state index contributed by atoms with van der Waals surface area (Å²) in [5, 5.41) is 11.2. The number of imidazole rings is 1. The number of halogens is 1. The molecule has 0 aliphatic carbocycles. The third kappa shape index (κ3) is 13.0. The lowest BCUT2D eigenvalue weighted by Crippen LogP contribution is -2.45. The lowest BCUT2D eigenvalue weighted by Gasteiger charge is -2.19. The molecule has 5 N–H and O–H groups in total. The first-order chi connectivity index (χ1) is 23.1. The van der Waals surface area contributed by atoms with Crippen LogP contribution in [0.4, 0.5) is 15.4 Å². The highest BCUT2D eigenvalue weighted by Gasteiger charge is 2.22. The molecule has 0 unspecified atom stereocenters. The van der Waals surface area contributed by atoms with Crippen molar-refractivity contribution in [2.24, 2.45) is 5.11 Å². The van der Waals surface area contributed by atoms with Crippen LogP contribution in [0.1, 0.15) is 19.3 Å². The van der Waals surface area contributed by atoms with E-state index >= 15 is 0 Å². The van der Waals surface area contributed by atoms with Gasteiger partial charge in [0.2, 0.25) is 17.7 Å². The van der Waals surface area contributed by atoms with E-state index in [-0.39, 0.29) is 83.1 Å². The highest BCUT2D eigenvalue weighted by atomic mass is 32.3. The van der Waals surface area contributed by atoms with Gasteiger partial charge in [-0.25, -0.2) is 15.0 Å². The number of aromatic nitrogens is 4. The van der Waals surface area contributed by atoms with Crippen LogP contribution in [0.15, 0.2) is 46.9 Å². The fourth-order valence-electron chi connectivity index (χ4n) is 4.14. The Morgan fingerprint density at radius 3 is 2.54 bits per heavy atom. The molecular weight excluding hydrogens is 657 g/mol. The number of nitrogens with two attached hydrogens (primary N) is 1. The highest BCUT2D eigenvalue weighted by Crippen LogP contribution is 2.18. The van der Waals surface area contributed by atoms with Crippen LogP contribution in [0.5, 0.6) is 0 Å². The van der Waals surface area contributed by atoms with Crippen molar-refractivity contribution in [3.63, 3.8) is 0 Å². The van der Waals surface area contributed by atoms with Crippen LogP contribution in [0.3, 0.4) is 0 Å². The Morgan fingerprint density at radius 1 is 1.04 bits per heavy atom. The number of nitrogen functional groups attached to an aromatic ring is 1. The van der Waals surface area contributed by atoms with Crippen molar-refractivity contribution in [1.82, 2.24) is 30.2 Å². The predicted molar refractivity (Wildman–Crippen MR) is 168 cm³/mol. The van der Waals surface area contributed by atoms with Gasteiger partial charge in [-0.2, -0.15) is 8.42 Å². The zero-order chi connectivity index (χ0) is 34.8. The summed E-state index contributed by atoms with van der Waals surface area (Å²) in [5.74, 6) is -1.38. The van der Waals surface area contributed by atoms with Gasteiger partial charge in [-0.3, -0.25) is 14.4 Å². The predicted octanol–water partition coefficient (Wildman–Crippen LogP) is 0.837. The molecule has 0 radical (unpaired) electrons. The first kappa shape index (κ1) is 37.5. The van der Waals surface area contributed by atoms with Crippen molar-refractivity contribution < 1.29 is 40.9 Å². The van der Waals surface area contributed by atoms with Crippen molar-refractivity contribution in [2.45, 2.75) is 36.7 Å². The van der Waals surface area contributed by atoms with E-state index in [0.29, 0.717) is 24.0 Å². The van der Waals surface area contributed by atoms with Crippen LogP contribution in [0.2, 0.25) is 0 Å². The summed E-state index contributed by atoms with van der Waals surface area (Å²) < 4.78 is 53.4. The van der Waals surface area contributed by atoms with Gasteiger partial charge in [-0.15, -0.1) is 3.89 Å². The van der Waals surface area contributed by atoms with Crippen molar-refractivity contribution in [3.05, 3.63) is 47.4 Å². The van der Waals surface area contributed by atoms with Crippen molar-refractivity contribution in [3.8, 4) is 0 Å². The number of anilines is 2. The number of azide groups is 1. The van der Waals surface area contributed by atoms with E-state index in [4.69, 9.17) is 25.5 Å². The molecule has 0 bridgehead atoms. The number of amides is 3. The van der Waals surface area contributed by atoms with Gasteiger partial charge in [0.1, 0.15) is 35.9 Å². The van der Waals surface area contributed by atoms with Gasteiger partial charge in [-0.1, -0.05) is 11.2 Å². The zero-order valence-corrected chi connectivity index (χ0v) is 26.6. The Hall–Kier alpha value is -4.95. The molecule has 0 fully saturated rings. The molecule has 21 heteroatoms. The minimum absolute atomic E-state index is 0.0134. The maximum Gasteiger partial charge on any atom is 0.332 e. The Bertz CT molecular complexity index is 1680.